The van der Waals surface area contributed by atoms with Crippen molar-refractivity contribution >= 4 is 11.8 Å². The normalized spacial score (nSPS) is 13.8. The van der Waals surface area contributed by atoms with Crippen molar-refractivity contribution < 1.29 is 28.2 Å². The summed E-state index contributed by atoms with van der Waals surface area (Å²) in [6.07, 6.45) is 2.89. The van der Waals surface area contributed by atoms with Crippen molar-refractivity contribution in [1.82, 2.24) is 16.0 Å². The molecule has 2 aromatic rings. The van der Waals surface area contributed by atoms with Gasteiger partial charge in [0.15, 0.2) is 0 Å². The summed E-state index contributed by atoms with van der Waals surface area (Å²) in [5.74, 6) is -1.99. The van der Waals surface area contributed by atoms with Crippen molar-refractivity contribution in [3.8, 4) is 0 Å². The van der Waals surface area contributed by atoms with Crippen molar-refractivity contribution in [2.75, 3.05) is 26.2 Å². The minimum atomic E-state index is -1.32. The van der Waals surface area contributed by atoms with Gasteiger partial charge in [-0.05, 0) is 54.1 Å². The van der Waals surface area contributed by atoms with Gasteiger partial charge in [0.05, 0.1) is 19.3 Å². The molecule has 234 valence electrons. The van der Waals surface area contributed by atoms with E-state index in [1.165, 1.54) is 0 Å². The van der Waals surface area contributed by atoms with E-state index in [0.29, 0.717) is 13.2 Å². The lowest BCUT2D eigenvalue weighted by atomic mass is 9.93. The molecule has 0 radical (unpaired) electrons. The van der Waals surface area contributed by atoms with Crippen LogP contribution in [-0.4, -0.2) is 61.3 Å². The van der Waals surface area contributed by atoms with E-state index in [4.69, 9.17) is 10.5 Å². The number of halogens is 2. The van der Waals surface area contributed by atoms with E-state index in [9.17, 15) is 23.5 Å². The first-order valence-corrected chi connectivity index (χ1v) is 14.8. The Morgan fingerprint density at radius 2 is 1.74 bits per heavy atom. The summed E-state index contributed by atoms with van der Waals surface area (Å²) in [7, 11) is 0. The Labute approximate surface area is 248 Å². The van der Waals surface area contributed by atoms with Crippen LogP contribution in [0.25, 0.3) is 0 Å². The number of nitrogens with two attached hydrogens (primary N) is 1. The average molecular weight is 591 g/mol. The fourth-order valence-corrected chi connectivity index (χ4v) is 4.36. The molecule has 0 aromatic heterocycles. The number of amides is 2. The van der Waals surface area contributed by atoms with Crippen LogP contribution in [0.5, 0.6) is 0 Å². The van der Waals surface area contributed by atoms with Crippen LogP contribution in [0, 0.1) is 17.0 Å². The van der Waals surface area contributed by atoms with Gasteiger partial charge in [0.1, 0.15) is 17.7 Å². The highest BCUT2D eigenvalue weighted by atomic mass is 19.1. The molecular weight excluding hydrogens is 542 g/mol. The lowest BCUT2D eigenvalue weighted by Gasteiger charge is -2.28. The zero-order chi connectivity index (χ0) is 31.0. The second-order valence-electron chi connectivity index (χ2n) is 11.6. The molecule has 0 aliphatic heterocycles. The number of benzene rings is 2. The van der Waals surface area contributed by atoms with Crippen molar-refractivity contribution in [2.24, 2.45) is 11.1 Å². The molecule has 2 aromatic carbocycles. The summed E-state index contributed by atoms with van der Waals surface area (Å²) >= 11 is 0. The average Bonchev–Trinajstić information content (AvgIpc) is 2.96. The molecule has 0 aliphatic rings. The number of aliphatic hydroxyl groups is 1. The van der Waals surface area contributed by atoms with Gasteiger partial charge in [0.2, 0.25) is 5.91 Å². The molecule has 0 spiro atoms. The van der Waals surface area contributed by atoms with E-state index in [0.717, 1.165) is 49.4 Å². The van der Waals surface area contributed by atoms with Gasteiger partial charge in [-0.25, -0.2) is 8.78 Å². The summed E-state index contributed by atoms with van der Waals surface area (Å²) in [4.78, 5) is 25.3. The van der Waals surface area contributed by atoms with Crippen LogP contribution in [0.2, 0.25) is 0 Å². The van der Waals surface area contributed by atoms with Gasteiger partial charge in [-0.1, -0.05) is 70.4 Å². The summed E-state index contributed by atoms with van der Waals surface area (Å²) in [5, 5.41) is 19.7. The van der Waals surface area contributed by atoms with Crippen LogP contribution < -0.4 is 21.7 Å². The van der Waals surface area contributed by atoms with E-state index in [1.807, 2.05) is 44.2 Å². The Kier molecular flexibility index (Phi) is 15.6. The zero-order valence-corrected chi connectivity index (χ0v) is 25.1. The SMILES string of the molecule is CCCCCCNC(COCc1ccccc1)C(O)C(=O)NCC(C)(C)CNC(=O)CC(N)Cc1cc(F)ccc1F. The Bertz CT molecular complexity index is 1090. The number of ether oxygens (including phenoxy) is 1. The van der Waals surface area contributed by atoms with Gasteiger partial charge in [0, 0.05) is 25.6 Å². The number of hydrogen-bond donors (Lipinski definition) is 5. The highest BCUT2D eigenvalue weighted by Crippen LogP contribution is 2.14. The lowest BCUT2D eigenvalue weighted by molar-refractivity contribution is -0.132. The molecule has 42 heavy (non-hydrogen) atoms. The molecule has 6 N–H and O–H groups in total. The number of carbonyl (C=O) groups is 2. The lowest BCUT2D eigenvalue weighted by Crippen LogP contribution is -2.53. The Hall–Kier alpha value is -2.92. The summed E-state index contributed by atoms with van der Waals surface area (Å²) in [5.41, 5.74) is 6.59. The van der Waals surface area contributed by atoms with E-state index >= 15 is 0 Å². The first-order chi connectivity index (χ1) is 20.0. The molecule has 8 nitrogen and oxygen atoms in total. The van der Waals surface area contributed by atoms with Crippen LogP contribution in [0.15, 0.2) is 48.5 Å². The second-order valence-corrected chi connectivity index (χ2v) is 11.6. The Balaban J connectivity index is 1.81. The van der Waals surface area contributed by atoms with Gasteiger partial charge in [-0.2, -0.15) is 0 Å². The minimum absolute atomic E-state index is 0.0250. The maximum atomic E-state index is 13.9. The third-order valence-electron chi connectivity index (χ3n) is 6.94. The number of carbonyl (C=O) groups excluding carboxylic acids is 2. The molecule has 3 unspecified atom stereocenters. The standard InChI is InChI=1S/C32H48F2N4O4/c1-4-5-6-10-15-36-28(20-42-19-23-11-8-7-9-12-23)30(40)31(41)38-22-32(2,3)21-37-29(39)18-26(35)17-24-16-25(33)13-14-27(24)34/h7-9,11-14,16,26,28,30,36,40H,4-6,10,15,17-22,35H2,1-3H3,(H,37,39)(H,38,41). The van der Waals surface area contributed by atoms with E-state index in [1.54, 1.807) is 0 Å². The van der Waals surface area contributed by atoms with E-state index in [-0.39, 0.29) is 44.0 Å². The minimum Gasteiger partial charge on any atom is -0.382 e. The predicted molar refractivity (Wildman–Crippen MR) is 160 cm³/mol. The molecule has 2 rings (SSSR count). The van der Waals surface area contributed by atoms with Gasteiger partial charge >= 0.3 is 0 Å². The van der Waals surface area contributed by atoms with Gasteiger partial charge in [0.25, 0.3) is 5.91 Å². The van der Waals surface area contributed by atoms with Gasteiger partial charge in [-0.3, -0.25) is 9.59 Å². The second kappa shape index (κ2) is 18.6. The number of aliphatic hydroxyl groups excluding tert-OH is 1. The quantitative estimate of drug-likeness (QED) is 0.150. The van der Waals surface area contributed by atoms with Crippen LogP contribution in [0.3, 0.4) is 0 Å². The molecule has 0 aliphatic carbocycles. The summed E-state index contributed by atoms with van der Waals surface area (Å²) < 4.78 is 33.1. The third kappa shape index (κ3) is 13.8. The summed E-state index contributed by atoms with van der Waals surface area (Å²) in [6.45, 7) is 7.52. The predicted octanol–water partition coefficient (Wildman–Crippen LogP) is 3.60. The monoisotopic (exact) mass is 590 g/mol. The van der Waals surface area contributed by atoms with Crippen LogP contribution in [-0.2, 0) is 27.4 Å². The first kappa shape index (κ1) is 35.3. The van der Waals surface area contributed by atoms with E-state index in [2.05, 4.69) is 22.9 Å². The molecule has 2 amide bonds. The topological polar surface area (TPSA) is 126 Å². The molecule has 0 heterocycles. The maximum Gasteiger partial charge on any atom is 0.250 e. The van der Waals surface area contributed by atoms with Crippen LogP contribution in [0.1, 0.15) is 64.0 Å². The third-order valence-corrected chi connectivity index (χ3v) is 6.94. The van der Waals surface area contributed by atoms with Crippen molar-refractivity contribution in [3.63, 3.8) is 0 Å². The van der Waals surface area contributed by atoms with Crippen molar-refractivity contribution in [2.45, 2.75) is 84.1 Å². The highest BCUT2D eigenvalue weighted by molar-refractivity contribution is 5.81. The number of rotatable bonds is 20. The number of hydrogen-bond acceptors (Lipinski definition) is 6. The Morgan fingerprint density at radius 1 is 1.02 bits per heavy atom. The Morgan fingerprint density at radius 3 is 2.45 bits per heavy atom. The van der Waals surface area contributed by atoms with E-state index < -0.39 is 41.1 Å². The fraction of sp³-hybridized carbons (Fsp3) is 0.562. The fourth-order valence-electron chi connectivity index (χ4n) is 4.36. The molecule has 10 heteroatoms. The smallest absolute Gasteiger partial charge is 0.250 e. The number of nitrogens with one attached hydrogen (secondary N) is 3. The van der Waals surface area contributed by atoms with Crippen molar-refractivity contribution in [3.05, 3.63) is 71.3 Å². The molecule has 3 atom stereocenters. The molecule has 0 saturated heterocycles. The zero-order valence-electron chi connectivity index (χ0n) is 25.1. The molecule has 0 saturated carbocycles. The highest BCUT2D eigenvalue weighted by Gasteiger charge is 2.28. The van der Waals surface area contributed by atoms with Gasteiger partial charge in [-0.15, -0.1) is 0 Å². The number of unbranched alkanes of at least 4 members (excludes halogenated alkanes) is 3. The molecule has 0 bridgehead atoms. The molecular formula is C32H48F2N4O4. The maximum absolute atomic E-state index is 13.9. The van der Waals surface area contributed by atoms with Crippen LogP contribution >= 0.6 is 0 Å². The largest absolute Gasteiger partial charge is 0.382 e. The van der Waals surface area contributed by atoms with Crippen molar-refractivity contribution in [1.29, 1.82) is 0 Å². The summed E-state index contributed by atoms with van der Waals surface area (Å²) in [6, 6.07) is 11.6. The molecule has 0 fully saturated rings. The first-order valence-electron chi connectivity index (χ1n) is 14.8. The van der Waals surface area contributed by atoms with Gasteiger partial charge < -0.3 is 31.5 Å². The van der Waals surface area contributed by atoms with Crippen LogP contribution in [0.4, 0.5) is 8.78 Å².